The molecule has 6 rings (SSSR count). The molecule has 0 spiro atoms. The van der Waals surface area contributed by atoms with Crippen LogP contribution in [0.3, 0.4) is 0 Å². The lowest BCUT2D eigenvalue weighted by molar-refractivity contribution is -0.137. The number of hydrogen-bond acceptors (Lipinski definition) is 6. The quantitative estimate of drug-likeness (QED) is 0.315. The number of carboxylic acid groups (broad SMARTS) is 1. The molecule has 2 aliphatic rings. The maximum Gasteiger partial charge on any atom is 0.303 e. The smallest absolute Gasteiger partial charge is 0.303 e. The van der Waals surface area contributed by atoms with Crippen molar-refractivity contribution < 1.29 is 24.2 Å². The Hall–Kier alpha value is -4.73. The molecule has 0 bridgehead atoms. The number of likely N-dealkylation sites (tertiary alicyclic amines) is 2. The number of pyridine rings is 2. The second-order valence-corrected chi connectivity index (χ2v) is 10.6. The van der Waals surface area contributed by atoms with Gasteiger partial charge in [0, 0.05) is 55.6 Å². The summed E-state index contributed by atoms with van der Waals surface area (Å²) in [6, 6.07) is 13.1. The average Bonchev–Trinajstić information content (AvgIpc) is 3.58. The molecule has 2 aliphatic heterocycles. The molecule has 2 amide bonds. The van der Waals surface area contributed by atoms with Gasteiger partial charge < -0.3 is 24.6 Å². The Labute approximate surface area is 237 Å². The van der Waals surface area contributed by atoms with E-state index in [4.69, 9.17) is 9.84 Å². The molecule has 2 N–H and O–H groups in total. The Balaban J connectivity index is 1.32. The zero-order chi connectivity index (χ0) is 28.5. The summed E-state index contributed by atoms with van der Waals surface area (Å²) in [6.07, 6.45) is 6.51. The van der Waals surface area contributed by atoms with Crippen molar-refractivity contribution in [1.29, 1.82) is 0 Å². The highest BCUT2D eigenvalue weighted by molar-refractivity contribution is 5.93. The monoisotopic (exact) mass is 553 g/mol. The van der Waals surface area contributed by atoms with Crippen LogP contribution in [0, 0.1) is 0 Å². The van der Waals surface area contributed by atoms with Gasteiger partial charge in [-0.25, -0.2) is 4.98 Å². The largest absolute Gasteiger partial charge is 0.481 e. The molecule has 2 saturated heterocycles. The van der Waals surface area contributed by atoms with E-state index in [9.17, 15) is 14.4 Å². The normalized spacial score (nSPS) is 16.6. The molecule has 0 saturated carbocycles. The third-order valence-electron chi connectivity index (χ3n) is 7.82. The van der Waals surface area contributed by atoms with Crippen LogP contribution in [-0.4, -0.2) is 67.3 Å². The molecule has 41 heavy (non-hydrogen) atoms. The summed E-state index contributed by atoms with van der Waals surface area (Å²) in [5.41, 5.74) is 4.60. The van der Waals surface area contributed by atoms with Crippen molar-refractivity contribution in [1.82, 2.24) is 24.8 Å². The number of carboxylic acids is 1. The minimum absolute atomic E-state index is 0.0217. The van der Waals surface area contributed by atoms with E-state index < -0.39 is 5.97 Å². The molecule has 10 heteroatoms. The zero-order valence-electron chi connectivity index (χ0n) is 22.8. The Morgan fingerprint density at radius 1 is 1.02 bits per heavy atom. The van der Waals surface area contributed by atoms with E-state index in [1.165, 1.54) is 0 Å². The first-order valence-electron chi connectivity index (χ1n) is 13.9. The van der Waals surface area contributed by atoms with Crippen LogP contribution >= 0.6 is 0 Å². The number of aromatic nitrogens is 3. The fourth-order valence-electron chi connectivity index (χ4n) is 5.49. The van der Waals surface area contributed by atoms with Gasteiger partial charge in [0.15, 0.2) is 0 Å². The van der Waals surface area contributed by atoms with Gasteiger partial charge >= 0.3 is 5.97 Å². The average molecular weight is 554 g/mol. The number of carbonyl (C=O) groups excluding carboxylic acids is 2. The van der Waals surface area contributed by atoms with E-state index in [1.807, 2.05) is 35.2 Å². The van der Waals surface area contributed by atoms with Gasteiger partial charge in [-0.05, 0) is 67.6 Å². The van der Waals surface area contributed by atoms with E-state index in [0.717, 1.165) is 65.8 Å². The number of aromatic amines is 1. The van der Waals surface area contributed by atoms with Crippen molar-refractivity contribution in [2.45, 2.75) is 45.1 Å². The van der Waals surface area contributed by atoms with Crippen molar-refractivity contribution in [3.8, 4) is 22.9 Å². The van der Waals surface area contributed by atoms with Gasteiger partial charge in [-0.3, -0.25) is 19.4 Å². The number of aryl methyl sites for hydroxylation is 1. The van der Waals surface area contributed by atoms with Crippen molar-refractivity contribution in [2.75, 3.05) is 19.6 Å². The van der Waals surface area contributed by atoms with Crippen molar-refractivity contribution in [3.05, 3.63) is 71.7 Å². The van der Waals surface area contributed by atoms with Crippen molar-refractivity contribution in [3.63, 3.8) is 0 Å². The Morgan fingerprint density at radius 2 is 1.88 bits per heavy atom. The van der Waals surface area contributed by atoms with E-state index >= 15 is 0 Å². The highest BCUT2D eigenvalue weighted by Gasteiger charge is 2.31. The van der Waals surface area contributed by atoms with Crippen LogP contribution < -0.4 is 4.74 Å². The summed E-state index contributed by atoms with van der Waals surface area (Å²) in [4.78, 5) is 51.9. The second kappa shape index (κ2) is 11.0. The summed E-state index contributed by atoms with van der Waals surface area (Å²) in [5, 5.41) is 9.86. The molecular weight excluding hydrogens is 522 g/mol. The minimum atomic E-state index is -0.837. The fraction of sp³-hybridized carbons (Fsp3) is 0.323. The first-order valence-corrected chi connectivity index (χ1v) is 13.9. The van der Waals surface area contributed by atoms with Crippen LogP contribution in [0.25, 0.3) is 22.3 Å². The SMILES string of the molecule is CC(=O)N1CCCC1c1cc2[nH]c(-c3ccc(CCC(=O)O)cn3)cc2cc1Oc1ccc(C(=O)N2CCC2)nc1. The van der Waals surface area contributed by atoms with Crippen molar-refractivity contribution in [2.24, 2.45) is 0 Å². The van der Waals surface area contributed by atoms with Gasteiger partial charge in [0.05, 0.1) is 23.6 Å². The number of amides is 2. The van der Waals surface area contributed by atoms with E-state index in [0.29, 0.717) is 30.2 Å². The lowest BCUT2D eigenvalue weighted by atomic mass is 10.0. The van der Waals surface area contributed by atoms with Gasteiger partial charge in [-0.2, -0.15) is 0 Å². The lowest BCUT2D eigenvalue weighted by Gasteiger charge is -2.30. The van der Waals surface area contributed by atoms with Crippen LogP contribution in [0.15, 0.2) is 54.9 Å². The zero-order valence-corrected chi connectivity index (χ0v) is 22.8. The molecule has 2 fully saturated rings. The van der Waals surface area contributed by atoms with Crippen LogP contribution in [0.4, 0.5) is 0 Å². The van der Waals surface area contributed by atoms with Gasteiger partial charge in [-0.15, -0.1) is 0 Å². The standard InChI is InChI=1S/C31H31N5O5/c1-19(37)36-13-2-4-28(36)23-16-26-21(14-27(34-26)24-8-5-20(17-32-24)6-10-30(38)39)15-29(23)41-22-7-9-25(33-18-22)31(40)35-11-3-12-35/h5,7-9,14-18,28,34H,2-4,6,10-13H2,1H3,(H,38,39). The van der Waals surface area contributed by atoms with Gasteiger partial charge in [-0.1, -0.05) is 6.07 Å². The first kappa shape index (κ1) is 26.5. The first-order chi connectivity index (χ1) is 19.9. The molecule has 4 aromatic rings. The third kappa shape index (κ3) is 5.50. The molecule has 1 unspecified atom stereocenters. The second-order valence-electron chi connectivity index (χ2n) is 10.6. The fourth-order valence-corrected chi connectivity index (χ4v) is 5.49. The van der Waals surface area contributed by atoms with Gasteiger partial charge in [0.25, 0.3) is 5.91 Å². The molecule has 1 aromatic carbocycles. The molecule has 5 heterocycles. The number of ether oxygens (including phenoxy) is 1. The molecule has 0 aliphatic carbocycles. The van der Waals surface area contributed by atoms with Crippen LogP contribution in [0.5, 0.6) is 11.5 Å². The van der Waals surface area contributed by atoms with E-state index in [2.05, 4.69) is 15.0 Å². The third-order valence-corrected chi connectivity index (χ3v) is 7.82. The number of nitrogens with zero attached hydrogens (tertiary/aromatic N) is 4. The van der Waals surface area contributed by atoms with Crippen LogP contribution in [-0.2, 0) is 16.0 Å². The minimum Gasteiger partial charge on any atom is -0.481 e. The molecule has 0 radical (unpaired) electrons. The molecule has 210 valence electrons. The number of rotatable bonds is 8. The number of H-pyrrole nitrogens is 1. The maximum absolute atomic E-state index is 12.5. The molecule has 1 atom stereocenters. The predicted octanol–water partition coefficient (Wildman–Crippen LogP) is 4.96. The van der Waals surface area contributed by atoms with Gasteiger partial charge in [0.2, 0.25) is 5.91 Å². The van der Waals surface area contributed by atoms with E-state index in [1.54, 1.807) is 36.4 Å². The number of benzene rings is 1. The highest BCUT2D eigenvalue weighted by atomic mass is 16.5. The summed E-state index contributed by atoms with van der Waals surface area (Å²) in [7, 11) is 0. The number of nitrogens with one attached hydrogen (secondary N) is 1. The Kier molecular flexibility index (Phi) is 7.13. The number of aliphatic carboxylic acids is 1. The predicted molar refractivity (Wildman–Crippen MR) is 152 cm³/mol. The topological polar surface area (TPSA) is 129 Å². The highest BCUT2D eigenvalue weighted by Crippen LogP contribution is 2.41. The van der Waals surface area contributed by atoms with Crippen molar-refractivity contribution >= 4 is 28.7 Å². The summed E-state index contributed by atoms with van der Waals surface area (Å²) in [5.74, 6) is 0.245. The number of carbonyl (C=O) groups is 3. The Bertz CT molecular complexity index is 1610. The molecular formula is C31H31N5O5. The maximum atomic E-state index is 12.5. The number of hydrogen-bond donors (Lipinski definition) is 2. The number of fused-ring (bicyclic) bond motifs is 1. The molecule has 3 aromatic heterocycles. The van der Waals surface area contributed by atoms with Gasteiger partial charge in [0.1, 0.15) is 17.2 Å². The van der Waals surface area contributed by atoms with E-state index in [-0.39, 0.29) is 24.3 Å². The Morgan fingerprint density at radius 3 is 2.54 bits per heavy atom. The summed E-state index contributed by atoms with van der Waals surface area (Å²) in [6.45, 7) is 3.81. The van der Waals surface area contributed by atoms with Crippen LogP contribution in [0.2, 0.25) is 0 Å². The van der Waals surface area contributed by atoms with Crippen LogP contribution in [0.1, 0.15) is 60.3 Å². The lowest BCUT2D eigenvalue weighted by Crippen LogP contribution is -2.42. The summed E-state index contributed by atoms with van der Waals surface area (Å²) < 4.78 is 6.37. The summed E-state index contributed by atoms with van der Waals surface area (Å²) >= 11 is 0. The molecule has 10 nitrogen and oxygen atoms in total.